The van der Waals surface area contributed by atoms with Crippen LogP contribution < -0.4 is 0 Å². The minimum atomic E-state index is -2.66. The van der Waals surface area contributed by atoms with Crippen molar-refractivity contribution in [3.8, 4) is 0 Å². The lowest BCUT2D eigenvalue weighted by Gasteiger charge is -1.85. The van der Waals surface area contributed by atoms with E-state index in [1.54, 1.807) is 0 Å². The van der Waals surface area contributed by atoms with Gasteiger partial charge in [0, 0.05) is 6.07 Å². The Labute approximate surface area is 55.3 Å². The Morgan fingerprint density at radius 3 is 2.70 bits per heavy atom. The second-order valence-electron chi connectivity index (χ2n) is 1.68. The number of alkyl halides is 2. The molecule has 10 heavy (non-hydrogen) atoms. The Morgan fingerprint density at radius 2 is 2.40 bits per heavy atom. The van der Waals surface area contributed by atoms with E-state index < -0.39 is 12.2 Å². The number of aliphatic hydroxyl groups is 1. The zero-order valence-electron chi connectivity index (χ0n) is 4.92. The van der Waals surface area contributed by atoms with Crippen LogP contribution in [0.4, 0.5) is 8.78 Å². The third-order valence-corrected chi connectivity index (χ3v) is 0.954. The van der Waals surface area contributed by atoms with E-state index in [0.717, 1.165) is 6.07 Å². The lowest BCUT2D eigenvalue weighted by atomic mass is 10.4. The molecule has 1 heterocycles. The van der Waals surface area contributed by atoms with Crippen LogP contribution in [0.1, 0.15) is 17.9 Å². The van der Waals surface area contributed by atoms with Gasteiger partial charge < -0.3 is 9.63 Å². The fourth-order valence-corrected chi connectivity index (χ4v) is 0.506. The summed E-state index contributed by atoms with van der Waals surface area (Å²) < 4.78 is 27.6. The van der Waals surface area contributed by atoms with E-state index in [4.69, 9.17) is 5.11 Å². The largest absolute Gasteiger partial charge is 0.390 e. The highest BCUT2D eigenvalue weighted by Crippen LogP contribution is 2.18. The molecule has 0 aliphatic rings. The highest BCUT2D eigenvalue weighted by Gasteiger charge is 2.12. The Morgan fingerprint density at radius 1 is 1.70 bits per heavy atom. The maximum absolute atomic E-state index is 11.7. The first-order valence-corrected chi connectivity index (χ1v) is 2.58. The third kappa shape index (κ3) is 1.30. The standard InChI is InChI=1S/C5H5F2NO2/c6-5(7)4-1-3(2-9)8-10-4/h1,5,9H,2H2. The smallest absolute Gasteiger partial charge is 0.298 e. The number of hydrogen-bond acceptors (Lipinski definition) is 3. The van der Waals surface area contributed by atoms with E-state index >= 15 is 0 Å². The number of halogens is 2. The van der Waals surface area contributed by atoms with Gasteiger partial charge in [-0.1, -0.05) is 5.16 Å². The first-order valence-electron chi connectivity index (χ1n) is 2.58. The summed E-state index contributed by atoms with van der Waals surface area (Å²) in [6, 6.07) is 1.02. The highest BCUT2D eigenvalue weighted by atomic mass is 19.3. The quantitative estimate of drug-likeness (QED) is 0.684. The van der Waals surface area contributed by atoms with Gasteiger partial charge in [0.1, 0.15) is 5.69 Å². The Kier molecular flexibility index (Phi) is 1.96. The van der Waals surface area contributed by atoms with Crippen molar-refractivity contribution in [2.75, 3.05) is 0 Å². The molecule has 0 bridgehead atoms. The van der Waals surface area contributed by atoms with Crippen molar-refractivity contribution in [2.45, 2.75) is 13.0 Å². The molecule has 0 aliphatic heterocycles. The Hall–Kier alpha value is -0.970. The van der Waals surface area contributed by atoms with Gasteiger partial charge >= 0.3 is 0 Å². The van der Waals surface area contributed by atoms with Crippen molar-refractivity contribution in [2.24, 2.45) is 0 Å². The normalized spacial score (nSPS) is 10.8. The van der Waals surface area contributed by atoms with Gasteiger partial charge in [-0.2, -0.15) is 0 Å². The molecule has 1 aromatic heterocycles. The van der Waals surface area contributed by atoms with Crippen molar-refractivity contribution < 1.29 is 18.4 Å². The fourth-order valence-electron chi connectivity index (χ4n) is 0.506. The van der Waals surface area contributed by atoms with Crippen molar-refractivity contribution in [3.05, 3.63) is 17.5 Å². The van der Waals surface area contributed by atoms with Crippen LogP contribution >= 0.6 is 0 Å². The molecule has 0 spiro atoms. The summed E-state index contributed by atoms with van der Waals surface area (Å²) in [5, 5.41) is 11.5. The number of aliphatic hydroxyl groups excluding tert-OH is 1. The first-order chi connectivity index (χ1) is 4.74. The molecular weight excluding hydrogens is 144 g/mol. The number of rotatable bonds is 2. The summed E-state index contributed by atoms with van der Waals surface area (Å²) in [6.07, 6.45) is -2.66. The molecular formula is C5H5F2NO2. The summed E-state index contributed by atoms with van der Waals surface area (Å²) in [6.45, 7) is -0.379. The third-order valence-electron chi connectivity index (χ3n) is 0.954. The fraction of sp³-hybridized carbons (Fsp3) is 0.400. The lowest BCUT2D eigenvalue weighted by Crippen LogP contribution is -1.79. The number of aromatic nitrogens is 1. The first kappa shape index (κ1) is 7.14. The van der Waals surface area contributed by atoms with Crippen LogP contribution in [0.3, 0.4) is 0 Å². The van der Waals surface area contributed by atoms with Crippen LogP contribution in [-0.4, -0.2) is 10.3 Å². The number of nitrogens with zero attached hydrogens (tertiary/aromatic N) is 1. The van der Waals surface area contributed by atoms with Crippen molar-refractivity contribution in [3.63, 3.8) is 0 Å². The van der Waals surface area contributed by atoms with Crippen LogP contribution in [0.25, 0.3) is 0 Å². The highest BCUT2D eigenvalue weighted by molar-refractivity contribution is 5.04. The SMILES string of the molecule is OCc1cc(C(F)F)on1. The molecule has 0 saturated heterocycles. The van der Waals surface area contributed by atoms with Crippen molar-refractivity contribution >= 4 is 0 Å². The molecule has 0 amide bonds. The molecule has 1 aromatic rings. The van der Waals surface area contributed by atoms with Crippen molar-refractivity contribution in [1.82, 2.24) is 5.16 Å². The molecule has 0 aliphatic carbocycles. The maximum atomic E-state index is 11.7. The minimum Gasteiger partial charge on any atom is -0.390 e. The molecule has 5 heteroatoms. The van der Waals surface area contributed by atoms with Gasteiger partial charge in [0.25, 0.3) is 6.43 Å². The van der Waals surface area contributed by atoms with E-state index in [9.17, 15) is 8.78 Å². The van der Waals surface area contributed by atoms with Gasteiger partial charge in [0.2, 0.25) is 5.76 Å². The summed E-state index contributed by atoms with van der Waals surface area (Å²) in [7, 11) is 0. The van der Waals surface area contributed by atoms with E-state index in [1.807, 2.05) is 0 Å². The average Bonchev–Trinajstić information content (AvgIpc) is 2.34. The van der Waals surface area contributed by atoms with Crippen LogP contribution in [0.15, 0.2) is 10.6 Å². The summed E-state index contributed by atoms with van der Waals surface area (Å²) in [4.78, 5) is 0. The predicted octanol–water partition coefficient (Wildman–Crippen LogP) is 1.10. The molecule has 0 aromatic carbocycles. The molecule has 0 radical (unpaired) electrons. The summed E-state index contributed by atoms with van der Waals surface area (Å²) in [5.74, 6) is -0.510. The lowest BCUT2D eigenvalue weighted by molar-refractivity contribution is 0.111. The maximum Gasteiger partial charge on any atom is 0.298 e. The number of hydrogen-bond donors (Lipinski definition) is 1. The van der Waals surface area contributed by atoms with Gasteiger partial charge in [-0.05, 0) is 0 Å². The second-order valence-corrected chi connectivity index (χ2v) is 1.68. The molecule has 56 valence electrons. The molecule has 0 fully saturated rings. The summed E-state index contributed by atoms with van der Waals surface area (Å²) in [5.41, 5.74) is 0.121. The average molecular weight is 149 g/mol. The van der Waals surface area contributed by atoms with Gasteiger partial charge in [0.05, 0.1) is 6.61 Å². The van der Waals surface area contributed by atoms with E-state index in [-0.39, 0.29) is 12.3 Å². The Balaban J connectivity index is 2.78. The van der Waals surface area contributed by atoms with Crippen LogP contribution in [-0.2, 0) is 6.61 Å². The second kappa shape index (κ2) is 2.74. The molecule has 0 unspecified atom stereocenters. The topological polar surface area (TPSA) is 46.3 Å². The van der Waals surface area contributed by atoms with Gasteiger partial charge in [-0.15, -0.1) is 0 Å². The van der Waals surface area contributed by atoms with Gasteiger partial charge in [0.15, 0.2) is 0 Å². The van der Waals surface area contributed by atoms with E-state index in [0.29, 0.717) is 0 Å². The molecule has 1 N–H and O–H groups in total. The van der Waals surface area contributed by atoms with Crippen LogP contribution in [0.5, 0.6) is 0 Å². The van der Waals surface area contributed by atoms with Gasteiger partial charge in [-0.3, -0.25) is 0 Å². The van der Waals surface area contributed by atoms with Crippen LogP contribution in [0, 0.1) is 0 Å². The van der Waals surface area contributed by atoms with E-state index in [1.165, 1.54) is 0 Å². The van der Waals surface area contributed by atoms with Crippen LogP contribution in [0.2, 0.25) is 0 Å². The minimum absolute atomic E-state index is 0.121. The zero-order chi connectivity index (χ0) is 7.56. The zero-order valence-corrected chi connectivity index (χ0v) is 4.92. The Bertz CT molecular complexity index is 211. The van der Waals surface area contributed by atoms with Gasteiger partial charge in [-0.25, -0.2) is 8.78 Å². The predicted molar refractivity (Wildman–Crippen MR) is 27.4 cm³/mol. The van der Waals surface area contributed by atoms with Crippen molar-refractivity contribution in [1.29, 1.82) is 0 Å². The molecule has 1 rings (SSSR count). The molecule has 0 atom stereocenters. The van der Waals surface area contributed by atoms with E-state index in [2.05, 4.69) is 9.68 Å². The summed E-state index contributed by atoms with van der Waals surface area (Å²) >= 11 is 0. The monoisotopic (exact) mass is 149 g/mol. The molecule has 3 nitrogen and oxygen atoms in total. The molecule has 0 saturated carbocycles.